The zero-order chi connectivity index (χ0) is 21.3. The molecule has 1 heterocycles. The molecule has 150 valence electrons. The van der Waals surface area contributed by atoms with Crippen LogP contribution in [0.3, 0.4) is 0 Å². The van der Waals surface area contributed by atoms with E-state index < -0.39 is 16.9 Å². The van der Waals surface area contributed by atoms with E-state index in [-0.39, 0.29) is 23.7 Å². The number of carbonyl (C=O) groups is 2. The van der Waals surface area contributed by atoms with Gasteiger partial charge in [-0.1, -0.05) is 41.9 Å². The van der Waals surface area contributed by atoms with E-state index in [0.717, 1.165) is 5.56 Å². The molecule has 0 unspecified atom stereocenters. The lowest BCUT2D eigenvalue weighted by atomic mass is 9.95. The van der Waals surface area contributed by atoms with E-state index in [4.69, 9.17) is 11.6 Å². The van der Waals surface area contributed by atoms with Crippen LogP contribution in [0.2, 0.25) is 5.02 Å². The molecule has 0 radical (unpaired) electrons. The Morgan fingerprint density at radius 3 is 2.43 bits per heavy atom. The first kappa shape index (κ1) is 19.6. The number of halogens is 1. The second kappa shape index (κ2) is 7.96. The zero-order valence-electron chi connectivity index (χ0n) is 15.6. The highest BCUT2D eigenvalue weighted by Crippen LogP contribution is 2.38. The molecule has 1 atom stereocenters. The second-order valence-corrected chi connectivity index (χ2v) is 7.27. The second-order valence-electron chi connectivity index (χ2n) is 6.83. The third kappa shape index (κ3) is 3.75. The number of benzene rings is 3. The van der Waals surface area contributed by atoms with Gasteiger partial charge < -0.3 is 10.2 Å². The number of anilines is 1. The SMILES string of the molecule is O=C1CN(C(=O)c2ccc([N+](=O)[O-])cc2)[C@H](c2ccccc2)c2cc(Cl)ccc2N1. The molecule has 1 aliphatic rings. The molecule has 3 aromatic carbocycles. The van der Waals surface area contributed by atoms with Gasteiger partial charge in [0.2, 0.25) is 5.91 Å². The van der Waals surface area contributed by atoms with Gasteiger partial charge in [-0.15, -0.1) is 0 Å². The third-order valence-corrected chi connectivity index (χ3v) is 5.14. The number of hydrogen-bond donors (Lipinski definition) is 1. The molecule has 8 heteroatoms. The molecule has 0 aromatic heterocycles. The van der Waals surface area contributed by atoms with Gasteiger partial charge in [0.25, 0.3) is 11.6 Å². The number of nitro benzene ring substituents is 1. The van der Waals surface area contributed by atoms with Crippen molar-refractivity contribution in [1.82, 2.24) is 4.90 Å². The van der Waals surface area contributed by atoms with Gasteiger partial charge in [-0.05, 0) is 35.9 Å². The number of hydrogen-bond acceptors (Lipinski definition) is 4. The van der Waals surface area contributed by atoms with Crippen LogP contribution >= 0.6 is 11.6 Å². The normalized spacial score (nSPS) is 15.7. The molecule has 30 heavy (non-hydrogen) atoms. The van der Waals surface area contributed by atoms with Crippen molar-refractivity contribution in [2.24, 2.45) is 0 Å². The standard InChI is InChI=1S/C22H16ClN3O4/c23-16-8-11-19-18(12-16)21(14-4-2-1-3-5-14)25(13-20(27)24-19)22(28)15-6-9-17(10-7-15)26(29)30/h1-12,21H,13H2,(H,24,27)/t21-/m1/s1. The maximum atomic E-state index is 13.4. The fourth-order valence-corrected chi connectivity index (χ4v) is 3.73. The molecule has 3 aromatic rings. The lowest BCUT2D eigenvalue weighted by Gasteiger charge is -2.30. The first-order chi connectivity index (χ1) is 14.4. The van der Waals surface area contributed by atoms with E-state index in [1.807, 2.05) is 30.3 Å². The Balaban J connectivity index is 1.84. The summed E-state index contributed by atoms with van der Waals surface area (Å²) < 4.78 is 0. The molecule has 0 fully saturated rings. The largest absolute Gasteiger partial charge is 0.324 e. The Bertz CT molecular complexity index is 1130. The summed E-state index contributed by atoms with van der Waals surface area (Å²) in [6, 6.07) is 19.2. The number of nitro groups is 1. The zero-order valence-corrected chi connectivity index (χ0v) is 16.4. The van der Waals surface area contributed by atoms with Crippen molar-refractivity contribution < 1.29 is 14.5 Å². The Hall–Kier alpha value is -3.71. The molecule has 0 aliphatic carbocycles. The number of rotatable bonds is 3. The van der Waals surface area contributed by atoms with Gasteiger partial charge in [-0.3, -0.25) is 19.7 Å². The maximum absolute atomic E-state index is 13.4. The quantitative estimate of drug-likeness (QED) is 0.500. The summed E-state index contributed by atoms with van der Waals surface area (Å²) in [5.41, 5.74) is 2.22. The molecule has 1 aliphatic heterocycles. The number of fused-ring (bicyclic) bond motifs is 1. The molecule has 0 spiro atoms. The lowest BCUT2D eigenvalue weighted by Crippen LogP contribution is -2.39. The van der Waals surface area contributed by atoms with Crippen LogP contribution < -0.4 is 5.32 Å². The average Bonchev–Trinajstić information content (AvgIpc) is 2.89. The van der Waals surface area contributed by atoms with Crippen molar-refractivity contribution in [1.29, 1.82) is 0 Å². The van der Waals surface area contributed by atoms with Crippen LogP contribution in [0.15, 0.2) is 72.8 Å². The molecule has 1 N–H and O–H groups in total. The van der Waals surface area contributed by atoms with Crippen molar-refractivity contribution in [2.75, 3.05) is 11.9 Å². The Morgan fingerprint density at radius 2 is 1.77 bits per heavy atom. The molecule has 0 bridgehead atoms. The minimum atomic E-state index is -0.568. The van der Waals surface area contributed by atoms with Crippen LogP contribution in [-0.4, -0.2) is 28.2 Å². The first-order valence-electron chi connectivity index (χ1n) is 9.14. The van der Waals surface area contributed by atoms with Crippen LogP contribution in [0.1, 0.15) is 27.5 Å². The minimum Gasteiger partial charge on any atom is -0.324 e. The number of non-ortho nitro benzene ring substituents is 1. The van der Waals surface area contributed by atoms with Crippen molar-refractivity contribution in [3.63, 3.8) is 0 Å². The molecule has 4 rings (SSSR count). The summed E-state index contributed by atoms with van der Waals surface area (Å²) in [4.78, 5) is 37.8. The van der Waals surface area contributed by atoms with E-state index in [1.165, 1.54) is 29.2 Å². The van der Waals surface area contributed by atoms with Crippen molar-refractivity contribution in [3.05, 3.63) is 105 Å². The highest BCUT2D eigenvalue weighted by Gasteiger charge is 2.34. The summed E-state index contributed by atoms with van der Waals surface area (Å²) in [6.07, 6.45) is 0. The average molecular weight is 422 g/mol. The summed E-state index contributed by atoms with van der Waals surface area (Å²) in [5, 5.41) is 14.2. The molecular weight excluding hydrogens is 406 g/mol. The summed E-state index contributed by atoms with van der Waals surface area (Å²) in [6.45, 7) is -0.179. The van der Waals surface area contributed by atoms with Crippen molar-refractivity contribution in [3.8, 4) is 0 Å². The summed E-state index contributed by atoms with van der Waals surface area (Å²) >= 11 is 6.23. The molecule has 2 amide bonds. The fraction of sp³-hybridized carbons (Fsp3) is 0.0909. The van der Waals surface area contributed by atoms with Gasteiger partial charge in [-0.2, -0.15) is 0 Å². The van der Waals surface area contributed by atoms with E-state index in [1.54, 1.807) is 18.2 Å². The van der Waals surface area contributed by atoms with Gasteiger partial charge in [0.1, 0.15) is 6.54 Å². The lowest BCUT2D eigenvalue weighted by molar-refractivity contribution is -0.384. The maximum Gasteiger partial charge on any atom is 0.269 e. The van der Waals surface area contributed by atoms with Gasteiger partial charge in [0.15, 0.2) is 0 Å². The number of nitrogens with zero attached hydrogens (tertiary/aromatic N) is 2. The Labute approximate surface area is 177 Å². The topological polar surface area (TPSA) is 92.5 Å². The summed E-state index contributed by atoms with van der Waals surface area (Å²) in [7, 11) is 0. The Kier molecular flexibility index (Phi) is 5.20. The van der Waals surface area contributed by atoms with E-state index in [2.05, 4.69) is 5.32 Å². The van der Waals surface area contributed by atoms with Crippen LogP contribution in [0, 0.1) is 10.1 Å². The fourth-order valence-electron chi connectivity index (χ4n) is 3.55. The number of nitrogens with one attached hydrogen (secondary N) is 1. The highest BCUT2D eigenvalue weighted by atomic mass is 35.5. The monoisotopic (exact) mass is 421 g/mol. The van der Waals surface area contributed by atoms with Crippen LogP contribution in [0.25, 0.3) is 0 Å². The van der Waals surface area contributed by atoms with Gasteiger partial charge >= 0.3 is 0 Å². The van der Waals surface area contributed by atoms with E-state index in [9.17, 15) is 19.7 Å². The van der Waals surface area contributed by atoms with Crippen molar-refractivity contribution in [2.45, 2.75) is 6.04 Å². The van der Waals surface area contributed by atoms with Crippen LogP contribution in [0.5, 0.6) is 0 Å². The van der Waals surface area contributed by atoms with Crippen molar-refractivity contribution >= 4 is 34.8 Å². The smallest absolute Gasteiger partial charge is 0.269 e. The molecule has 0 saturated carbocycles. The number of carbonyl (C=O) groups excluding carboxylic acids is 2. The molecule has 7 nitrogen and oxygen atoms in total. The number of amides is 2. The van der Waals surface area contributed by atoms with Crippen LogP contribution in [-0.2, 0) is 4.79 Å². The summed E-state index contributed by atoms with van der Waals surface area (Å²) in [5.74, 6) is -0.756. The Morgan fingerprint density at radius 1 is 1.07 bits per heavy atom. The predicted octanol–water partition coefficient (Wildman–Crippen LogP) is 4.43. The van der Waals surface area contributed by atoms with E-state index >= 15 is 0 Å². The van der Waals surface area contributed by atoms with Crippen LogP contribution in [0.4, 0.5) is 11.4 Å². The van der Waals surface area contributed by atoms with E-state index in [0.29, 0.717) is 16.3 Å². The minimum absolute atomic E-state index is 0.114. The highest BCUT2D eigenvalue weighted by molar-refractivity contribution is 6.30. The van der Waals surface area contributed by atoms with Gasteiger partial charge in [-0.25, -0.2) is 0 Å². The van der Waals surface area contributed by atoms with Gasteiger partial charge in [0.05, 0.1) is 11.0 Å². The third-order valence-electron chi connectivity index (χ3n) is 4.91. The van der Waals surface area contributed by atoms with Gasteiger partial charge in [0, 0.05) is 34.0 Å². The molecule has 0 saturated heterocycles. The molecular formula is C22H16ClN3O4. The predicted molar refractivity (Wildman–Crippen MR) is 112 cm³/mol. The first-order valence-corrected chi connectivity index (χ1v) is 9.51.